The number of carbonyl (C=O) groups is 3. The largest absolute Gasteiger partial charge is 0.342 e. The number of hydrogen-bond donors (Lipinski definition) is 1. The van der Waals surface area contributed by atoms with Gasteiger partial charge in [0.2, 0.25) is 6.41 Å². The molecule has 100 valence electrons. The van der Waals surface area contributed by atoms with Crippen LogP contribution in [0.4, 0.5) is 0 Å². The highest BCUT2D eigenvalue weighted by Gasteiger charge is 2.29. The molecule has 0 unspecified atom stereocenters. The average molecular weight is 254 g/mol. The molecule has 0 saturated carbocycles. The monoisotopic (exact) mass is 254 g/mol. The molecule has 1 N–H and O–H groups in total. The van der Waals surface area contributed by atoms with E-state index in [4.69, 9.17) is 0 Å². The molecular formula is C11H18N4O3. The second-order valence-electron chi connectivity index (χ2n) is 4.48. The lowest BCUT2D eigenvalue weighted by Crippen LogP contribution is -2.55. The Morgan fingerprint density at radius 3 is 1.83 bits per heavy atom. The Morgan fingerprint density at radius 1 is 0.833 bits per heavy atom. The Bertz CT molecular complexity index is 333. The topological polar surface area (TPSA) is 73.0 Å². The molecule has 0 aromatic heterocycles. The predicted octanol–water partition coefficient (Wildman–Crippen LogP) is -2.28. The Labute approximate surface area is 106 Å². The molecule has 3 amide bonds. The van der Waals surface area contributed by atoms with Crippen LogP contribution in [-0.2, 0) is 14.4 Å². The summed E-state index contributed by atoms with van der Waals surface area (Å²) in [6, 6.07) is 0. The summed E-state index contributed by atoms with van der Waals surface area (Å²) in [6.45, 7) is 4.52. The summed E-state index contributed by atoms with van der Waals surface area (Å²) in [5.41, 5.74) is 0. The third-order valence-electron chi connectivity index (χ3n) is 3.34. The van der Waals surface area contributed by atoms with Crippen molar-refractivity contribution < 1.29 is 14.4 Å². The molecule has 0 aromatic carbocycles. The zero-order valence-electron chi connectivity index (χ0n) is 10.3. The maximum atomic E-state index is 12.0. The number of piperazine rings is 2. The molecule has 2 fully saturated rings. The normalized spacial score (nSPS) is 20.8. The lowest BCUT2D eigenvalue weighted by molar-refractivity contribution is -0.153. The van der Waals surface area contributed by atoms with Crippen LogP contribution in [0.1, 0.15) is 0 Å². The van der Waals surface area contributed by atoms with E-state index in [1.165, 1.54) is 4.90 Å². The lowest BCUT2D eigenvalue weighted by atomic mass is 10.3. The van der Waals surface area contributed by atoms with Crippen molar-refractivity contribution in [3.8, 4) is 0 Å². The fraction of sp³-hybridized carbons (Fsp3) is 0.727. The van der Waals surface area contributed by atoms with Gasteiger partial charge in [-0.3, -0.25) is 14.4 Å². The second kappa shape index (κ2) is 5.81. The van der Waals surface area contributed by atoms with Gasteiger partial charge in [-0.2, -0.15) is 0 Å². The smallest absolute Gasteiger partial charge is 0.312 e. The SMILES string of the molecule is O=CN1CCN(C(=O)C(=O)N2CCNCC2)CC1. The fourth-order valence-electron chi connectivity index (χ4n) is 2.17. The van der Waals surface area contributed by atoms with Crippen molar-refractivity contribution in [3.05, 3.63) is 0 Å². The first-order chi connectivity index (χ1) is 8.72. The first kappa shape index (κ1) is 12.8. The second-order valence-corrected chi connectivity index (χ2v) is 4.48. The van der Waals surface area contributed by atoms with E-state index >= 15 is 0 Å². The fourth-order valence-corrected chi connectivity index (χ4v) is 2.17. The van der Waals surface area contributed by atoms with Crippen LogP contribution in [0, 0.1) is 0 Å². The van der Waals surface area contributed by atoms with Gasteiger partial charge < -0.3 is 20.0 Å². The van der Waals surface area contributed by atoms with E-state index in [2.05, 4.69) is 5.32 Å². The summed E-state index contributed by atoms with van der Waals surface area (Å²) >= 11 is 0. The molecule has 0 bridgehead atoms. The molecule has 0 aliphatic carbocycles. The third kappa shape index (κ3) is 2.79. The highest BCUT2D eigenvalue weighted by atomic mass is 16.2. The van der Waals surface area contributed by atoms with Crippen molar-refractivity contribution in [2.24, 2.45) is 0 Å². The van der Waals surface area contributed by atoms with Crippen molar-refractivity contribution in [1.82, 2.24) is 20.0 Å². The van der Waals surface area contributed by atoms with Gasteiger partial charge >= 0.3 is 11.8 Å². The van der Waals surface area contributed by atoms with Crippen LogP contribution in [-0.4, -0.2) is 85.3 Å². The van der Waals surface area contributed by atoms with Crippen molar-refractivity contribution in [1.29, 1.82) is 0 Å². The zero-order chi connectivity index (χ0) is 13.0. The molecule has 0 radical (unpaired) electrons. The molecule has 2 heterocycles. The summed E-state index contributed by atoms with van der Waals surface area (Å²) < 4.78 is 0. The average Bonchev–Trinajstić information content (AvgIpc) is 2.47. The Kier molecular flexibility index (Phi) is 4.14. The third-order valence-corrected chi connectivity index (χ3v) is 3.34. The molecule has 2 saturated heterocycles. The van der Waals surface area contributed by atoms with E-state index in [9.17, 15) is 14.4 Å². The molecule has 0 aromatic rings. The van der Waals surface area contributed by atoms with Gasteiger partial charge in [-0.25, -0.2) is 0 Å². The first-order valence-electron chi connectivity index (χ1n) is 6.20. The molecule has 2 rings (SSSR count). The summed E-state index contributed by atoms with van der Waals surface area (Å²) in [5, 5.41) is 3.14. The Balaban J connectivity index is 1.87. The van der Waals surface area contributed by atoms with Gasteiger partial charge in [-0.15, -0.1) is 0 Å². The van der Waals surface area contributed by atoms with Crippen LogP contribution >= 0.6 is 0 Å². The van der Waals surface area contributed by atoms with Gasteiger partial charge in [-0.1, -0.05) is 0 Å². The van der Waals surface area contributed by atoms with Gasteiger partial charge in [0.25, 0.3) is 0 Å². The number of carbonyl (C=O) groups excluding carboxylic acids is 3. The van der Waals surface area contributed by atoms with Crippen molar-refractivity contribution >= 4 is 18.2 Å². The van der Waals surface area contributed by atoms with Crippen LogP contribution in [0.3, 0.4) is 0 Å². The molecule has 0 atom stereocenters. The van der Waals surface area contributed by atoms with Crippen molar-refractivity contribution in [3.63, 3.8) is 0 Å². The van der Waals surface area contributed by atoms with Crippen LogP contribution in [0.2, 0.25) is 0 Å². The number of hydrogen-bond acceptors (Lipinski definition) is 4. The van der Waals surface area contributed by atoms with E-state index in [0.29, 0.717) is 39.3 Å². The van der Waals surface area contributed by atoms with Crippen LogP contribution in [0.5, 0.6) is 0 Å². The molecule has 2 aliphatic heterocycles. The summed E-state index contributed by atoms with van der Waals surface area (Å²) in [4.78, 5) is 39.3. The first-order valence-corrected chi connectivity index (χ1v) is 6.20. The van der Waals surface area contributed by atoms with E-state index in [1.807, 2.05) is 0 Å². The molecule has 18 heavy (non-hydrogen) atoms. The van der Waals surface area contributed by atoms with Gasteiger partial charge in [0, 0.05) is 52.4 Å². The number of nitrogens with zero attached hydrogens (tertiary/aromatic N) is 3. The van der Waals surface area contributed by atoms with Gasteiger partial charge in [0.05, 0.1) is 0 Å². The molecular weight excluding hydrogens is 236 g/mol. The van der Waals surface area contributed by atoms with Crippen molar-refractivity contribution in [2.75, 3.05) is 52.4 Å². The standard InChI is InChI=1S/C11H18N4O3/c16-9-13-5-7-15(8-6-13)11(18)10(17)14-3-1-12-2-4-14/h9,12H,1-8H2. The summed E-state index contributed by atoms with van der Waals surface area (Å²) in [7, 11) is 0. The van der Waals surface area contributed by atoms with Gasteiger partial charge in [0.1, 0.15) is 0 Å². The molecule has 7 nitrogen and oxygen atoms in total. The number of amides is 3. The Morgan fingerprint density at radius 2 is 1.33 bits per heavy atom. The van der Waals surface area contributed by atoms with E-state index < -0.39 is 11.8 Å². The van der Waals surface area contributed by atoms with Crippen LogP contribution < -0.4 is 5.32 Å². The summed E-state index contributed by atoms with van der Waals surface area (Å²) in [5.74, 6) is -0.862. The highest BCUT2D eigenvalue weighted by molar-refractivity contribution is 6.34. The minimum atomic E-state index is -0.442. The number of nitrogens with one attached hydrogen (secondary N) is 1. The maximum absolute atomic E-state index is 12.0. The maximum Gasteiger partial charge on any atom is 0.312 e. The van der Waals surface area contributed by atoms with Crippen molar-refractivity contribution in [2.45, 2.75) is 0 Å². The molecule has 7 heteroatoms. The predicted molar refractivity (Wildman–Crippen MR) is 63.7 cm³/mol. The minimum absolute atomic E-state index is 0.420. The highest BCUT2D eigenvalue weighted by Crippen LogP contribution is 2.03. The van der Waals surface area contributed by atoms with Gasteiger partial charge in [-0.05, 0) is 0 Å². The zero-order valence-corrected chi connectivity index (χ0v) is 10.3. The molecule has 0 spiro atoms. The lowest BCUT2D eigenvalue weighted by Gasteiger charge is -2.34. The molecule has 2 aliphatic rings. The van der Waals surface area contributed by atoms with E-state index in [1.54, 1.807) is 9.80 Å². The quantitative estimate of drug-likeness (QED) is 0.423. The Hall–Kier alpha value is -1.63. The summed E-state index contributed by atoms with van der Waals surface area (Å²) in [6.07, 6.45) is 0.778. The van der Waals surface area contributed by atoms with E-state index in [0.717, 1.165) is 19.5 Å². The van der Waals surface area contributed by atoms with Gasteiger partial charge in [0.15, 0.2) is 0 Å². The minimum Gasteiger partial charge on any atom is -0.342 e. The number of rotatable bonds is 1. The van der Waals surface area contributed by atoms with Crippen LogP contribution in [0.15, 0.2) is 0 Å². The van der Waals surface area contributed by atoms with Crippen LogP contribution in [0.25, 0.3) is 0 Å². The van der Waals surface area contributed by atoms with E-state index in [-0.39, 0.29) is 0 Å².